The molecule has 1 aromatic rings. The Bertz CT molecular complexity index is 511. The third-order valence-corrected chi connectivity index (χ3v) is 2.68. The van der Waals surface area contributed by atoms with E-state index < -0.39 is 24.8 Å². The molecule has 5 nitrogen and oxygen atoms in total. The van der Waals surface area contributed by atoms with Crippen molar-refractivity contribution in [1.82, 2.24) is 4.90 Å². The van der Waals surface area contributed by atoms with Crippen LogP contribution in [0.2, 0.25) is 5.02 Å². The summed E-state index contributed by atoms with van der Waals surface area (Å²) >= 11 is 5.82. The zero-order valence-electron chi connectivity index (χ0n) is 10.6. The quantitative estimate of drug-likeness (QED) is 0.845. The highest BCUT2D eigenvalue weighted by molar-refractivity contribution is 6.33. The van der Waals surface area contributed by atoms with E-state index in [-0.39, 0.29) is 22.8 Å². The maximum Gasteiger partial charge on any atom is 0.335 e. The number of carboxylic acids is 1. The molecule has 1 rings (SSSR count). The number of hydrogen-bond acceptors (Lipinski definition) is 3. The number of rotatable bonds is 6. The molecule has 2 N–H and O–H groups in total. The lowest BCUT2D eigenvalue weighted by molar-refractivity contribution is -0.117. The molecule has 0 aromatic heterocycles. The fraction of sp³-hybridized carbons (Fsp3) is 0.333. The van der Waals surface area contributed by atoms with E-state index in [1.54, 1.807) is 0 Å². The molecule has 8 heteroatoms. The minimum absolute atomic E-state index is 0.0364. The van der Waals surface area contributed by atoms with E-state index in [1.807, 2.05) is 0 Å². The molecule has 110 valence electrons. The summed E-state index contributed by atoms with van der Waals surface area (Å²) in [5.74, 6) is -1.72. The van der Waals surface area contributed by atoms with Crippen LogP contribution < -0.4 is 5.32 Å². The lowest BCUT2D eigenvalue weighted by Gasteiger charge is -2.16. The van der Waals surface area contributed by atoms with E-state index in [1.165, 1.54) is 25.2 Å². The Kier molecular flexibility index (Phi) is 5.84. The molecule has 1 aromatic carbocycles. The van der Waals surface area contributed by atoms with Crippen LogP contribution in [0.1, 0.15) is 10.4 Å². The van der Waals surface area contributed by atoms with Crippen molar-refractivity contribution in [2.45, 2.75) is 6.43 Å². The number of benzene rings is 1. The van der Waals surface area contributed by atoms with Gasteiger partial charge in [-0.15, -0.1) is 0 Å². The zero-order chi connectivity index (χ0) is 15.3. The molecule has 0 atom stereocenters. The van der Waals surface area contributed by atoms with Gasteiger partial charge in [-0.1, -0.05) is 11.6 Å². The Morgan fingerprint density at radius 2 is 2.10 bits per heavy atom. The fourth-order valence-electron chi connectivity index (χ4n) is 1.49. The predicted octanol–water partition coefficient (Wildman–Crippen LogP) is 2.17. The van der Waals surface area contributed by atoms with Crippen LogP contribution in [-0.2, 0) is 4.79 Å². The lowest BCUT2D eigenvalue weighted by atomic mass is 10.2. The Labute approximate surface area is 119 Å². The summed E-state index contributed by atoms with van der Waals surface area (Å²) in [6.07, 6.45) is -2.54. The number of halogens is 3. The molecular formula is C12H13ClF2N2O3. The number of nitrogens with zero attached hydrogens (tertiary/aromatic N) is 1. The van der Waals surface area contributed by atoms with Gasteiger partial charge in [-0.05, 0) is 25.2 Å². The van der Waals surface area contributed by atoms with Gasteiger partial charge in [0.2, 0.25) is 5.91 Å². The van der Waals surface area contributed by atoms with E-state index in [2.05, 4.69) is 5.32 Å². The largest absolute Gasteiger partial charge is 0.478 e. The summed E-state index contributed by atoms with van der Waals surface area (Å²) in [4.78, 5) is 23.6. The fourth-order valence-corrected chi connectivity index (χ4v) is 1.65. The van der Waals surface area contributed by atoms with Gasteiger partial charge in [0.1, 0.15) is 0 Å². The molecule has 0 heterocycles. The third kappa shape index (κ3) is 5.10. The van der Waals surface area contributed by atoms with Crippen LogP contribution in [0.15, 0.2) is 18.2 Å². The number of carbonyl (C=O) groups excluding carboxylic acids is 1. The number of amides is 1. The van der Waals surface area contributed by atoms with Crippen LogP contribution in [0, 0.1) is 0 Å². The van der Waals surface area contributed by atoms with Crippen molar-refractivity contribution < 1.29 is 23.5 Å². The summed E-state index contributed by atoms with van der Waals surface area (Å²) in [6.45, 7) is -0.783. The molecule has 0 radical (unpaired) electrons. The molecule has 0 aliphatic carbocycles. The van der Waals surface area contributed by atoms with Crippen LogP contribution in [-0.4, -0.2) is 48.4 Å². The number of carbonyl (C=O) groups is 2. The van der Waals surface area contributed by atoms with Gasteiger partial charge in [0.05, 0.1) is 29.4 Å². The zero-order valence-corrected chi connectivity index (χ0v) is 11.3. The van der Waals surface area contributed by atoms with Gasteiger partial charge in [-0.25, -0.2) is 13.6 Å². The van der Waals surface area contributed by atoms with E-state index in [9.17, 15) is 18.4 Å². The Morgan fingerprint density at radius 3 is 2.65 bits per heavy atom. The topological polar surface area (TPSA) is 69.6 Å². The van der Waals surface area contributed by atoms with Crippen LogP contribution in [0.4, 0.5) is 14.5 Å². The second-order valence-corrected chi connectivity index (χ2v) is 4.54. The van der Waals surface area contributed by atoms with E-state index in [0.717, 1.165) is 4.90 Å². The number of likely N-dealkylation sites (N-methyl/N-ethyl adjacent to an activating group) is 1. The van der Waals surface area contributed by atoms with Gasteiger partial charge in [-0.3, -0.25) is 9.69 Å². The Hall–Kier alpha value is -1.73. The standard InChI is InChI=1S/C12H13ClF2N2O3/c1-17(5-10(14)15)6-11(18)16-9-4-7(12(19)20)2-3-8(9)13/h2-4,10H,5-6H2,1H3,(H,16,18)(H,19,20). The summed E-state index contributed by atoms with van der Waals surface area (Å²) in [7, 11) is 1.38. The highest BCUT2D eigenvalue weighted by Gasteiger charge is 2.14. The lowest BCUT2D eigenvalue weighted by Crippen LogP contribution is -2.33. The number of hydrogen-bond donors (Lipinski definition) is 2. The summed E-state index contributed by atoms with van der Waals surface area (Å²) in [5.41, 5.74) is 0.0904. The van der Waals surface area contributed by atoms with Gasteiger partial charge in [0.25, 0.3) is 6.43 Å². The first-order chi connectivity index (χ1) is 9.29. The Morgan fingerprint density at radius 1 is 1.45 bits per heavy atom. The first-order valence-electron chi connectivity index (χ1n) is 5.59. The average Bonchev–Trinajstić information content (AvgIpc) is 2.30. The average molecular weight is 307 g/mol. The molecule has 1 amide bonds. The van der Waals surface area contributed by atoms with Crippen molar-refractivity contribution in [2.75, 3.05) is 25.5 Å². The molecule has 0 aliphatic rings. The van der Waals surface area contributed by atoms with Gasteiger partial charge in [-0.2, -0.15) is 0 Å². The SMILES string of the molecule is CN(CC(=O)Nc1cc(C(=O)O)ccc1Cl)CC(F)F. The summed E-state index contributed by atoms with van der Waals surface area (Å²) in [6, 6.07) is 3.84. The van der Waals surface area contributed by atoms with Crippen LogP contribution in [0.5, 0.6) is 0 Å². The monoisotopic (exact) mass is 306 g/mol. The molecule has 0 spiro atoms. The third-order valence-electron chi connectivity index (χ3n) is 2.35. The number of nitrogens with one attached hydrogen (secondary N) is 1. The second kappa shape index (κ2) is 7.16. The number of anilines is 1. The number of alkyl halides is 2. The van der Waals surface area contributed by atoms with Crippen LogP contribution in [0.25, 0.3) is 0 Å². The van der Waals surface area contributed by atoms with E-state index in [4.69, 9.17) is 16.7 Å². The van der Waals surface area contributed by atoms with Gasteiger partial charge in [0, 0.05) is 0 Å². The van der Waals surface area contributed by atoms with Gasteiger partial charge in [0.15, 0.2) is 0 Å². The molecule has 0 fully saturated rings. The molecular weight excluding hydrogens is 294 g/mol. The number of aromatic carboxylic acids is 1. The van der Waals surface area contributed by atoms with Crippen LogP contribution in [0.3, 0.4) is 0 Å². The normalized spacial score (nSPS) is 10.9. The maximum absolute atomic E-state index is 12.1. The van der Waals surface area contributed by atoms with E-state index in [0.29, 0.717) is 0 Å². The smallest absolute Gasteiger partial charge is 0.335 e. The first kappa shape index (κ1) is 16.3. The highest BCUT2D eigenvalue weighted by atomic mass is 35.5. The van der Waals surface area contributed by atoms with Gasteiger partial charge < -0.3 is 10.4 Å². The van der Waals surface area contributed by atoms with Crippen molar-refractivity contribution in [3.63, 3.8) is 0 Å². The maximum atomic E-state index is 12.1. The minimum atomic E-state index is -2.54. The molecule has 0 saturated carbocycles. The molecule has 0 bridgehead atoms. The van der Waals surface area contributed by atoms with Crippen molar-refractivity contribution in [3.8, 4) is 0 Å². The van der Waals surface area contributed by atoms with Crippen molar-refractivity contribution in [2.24, 2.45) is 0 Å². The Balaban J connectivity index is 2.70. The number of carboxylic acid groups (broad SMARTS) is 1. The molecule has 0 aliphatic heterocycles. The molecule has 20 heavy (non-hydrogen) atoms. The minimum Gasteiger partial charge on any atom is -0.478 e. The van der Waals surface area contributed by atoms with E-state index >= 15 is 0 Å². The second-order valence-electron chi connectivity index (χ2n) is 4.14. The van der Waals surface area contributed by atoms with Crippen LogP contribution >= 0.6 is 11.6 Å². The van der Waals surface area contributed by atoms with Crippen molar-refractivity contribution >= 4 is 29.2 Å². The summed E-state index contributed by atoms with van der Waals surface area (Å²) < 4.78 is 24.2. The van der Waals surface area contributed by atoms with Crippen molar-refractivity contribution in [1.29, 1.82) is 0 Å². The molecule has 0 unspecified atom stereocenters. The first-order valence-corrected chi connectivity index (χ1v) is 5.96. The van der Waals surface area contributed by atoms with Crippen molar-refractivity contribution in [3.05, 3.63) is 28.8 Å². The summed E-state index contributed by atoms with van der Waals surface area (Å²) in [5, 5.41) is 11.4. The molecule has 0 saturated heterocycles. The predicted molar refractivity (Wildman–Crippen MR) is 70.5 cm³/mol. The highest BCUT2D eigenvalue weighted by Crippen LogP contribution is 2.23. The van der Waals surface area contributed by atoms with Gasteiger partial charge >= 0.3 is 5.97 Å².